The summed E-state index contributed by atoms with van der Waals surface area (Å²) in [5, 5.41) is 0. The van der Waals surface area contributed by atoms with E-state index in [9.17, 15) is 0 Å². The number of hydrogen-bond donors (Lipinski definition) is 3. The van der Waals surface area contributed by atoms with Gasteiger partial charge < -0.3 is 14.7 Å². The molecule has 0 amide bonds. The minimum absolute atomic E-state index is 0. The summed E-state index contributed by atoms with van der Waals surface area (Å²) in [6.07, 6.45) is 11.0. The molecule has 126 valence electrons. The molecule has 0 aliphatic rings. The topological polar surface area (TPSA) is 77.8 Å². The van der Waals surface area contributed by atoms with Gasteiger partial charge >= 0.3 is 7.82 Å². The van der Waals surface area contributed by atoms with Crippen molar-refractivity contribution in [2.24, 2.45) is 0 Å². The van der Waals surface area contributed by atoms with Crippen molar-refractivity contribution in [1.82, 2.24) is 0 Å². The third kappa shape index (κ3) is 22.3. The molecule has 0 fully saturated rings. The van der Waals surface area contributed by atoms with Crippen molar-refractivity contribution in [2.45, 2.75) is 58.3 Å². The average Bonchev–Trinajstić information content (AvgIpc) is 2.37. The monoisotopic (exact) mass is 359 g/mol. The first kappa shape index (κ1) is 23.1. The average molecular weight is 360 g/mol. The Bertz CT molecular complexity index is 359. The predicted molar refractivity (Wildman–Crippen MR) is 81.2 cm³/mol. The molecule has 0 spiro atoms. The van der Waals surface area contributed by atoms with Crippen LogP contribution in [0.1, 0.15) is 57.4 Å². The van der Waals surface area contributed by atoms with E-state index < -0.39 is 7.82 Å². The SMILES string of the molecule is CCCCCCCCCc1cc[c-]cc1.O=P(O)(O)O.[Ni]. The van der Waals surface area contributed by atoms with Gasteiger partial charge in [-0.1, -0.05) is 58.3 Å². The van der Waals surface area contributed by atoms with E-state index in [-0.39, 0.29) is 16.5 Å². The Hall–Kier alpha value is -0.176. The molecule has 21 heavy (non-hydrogen) atoms. The van der Waals surface area contributed by atoms with Crippen molar-refractivity contribution in [2.75, 3.05) is 0 Å². The molecule has 0 saturated heterocycles. The molecule has 0 aliphatic heterocycles. The maximum atomic E-state index is 8.88. The summed E-state index contributed by atoms with van der Waals surface area (Å²) in [5.41, 5.74) is 1.46. The van der Waals surface area contributed by atoms with E-state index >= 15 is 0 Å². The van der Waals surface area contributed by atoms with E-state index in [1.54, 1.807) is 0 Å². The van der Waals surface area contributed by atoms with Crippen LogP contribution in [-0.4, -0.2) is 14.7 Å². The molecule has 3 N–H and O–H groups in total. The van der Waals surface area contributed by atoms with Crippen LogP contribution in [0.3, 0.4) is 0 Å². The largest absolute Gasteiger partial charge is 0.466 e. The van der Waals surface area contributed by atoms with Gasteiger partial charge in [0.15, 0.2) is 0 Å². The van der Waals surface area contributed by atoms with Crippen LogP contribution in [-0.2, 0) is 27.5 Å². The van der Waals surface area contributed by atoms with E-state index in [2.05, 4.69) is 25.1 Å². The molecule has 1 aromatic rings. The summed E-state index contributed by atoms with van der Waals surface area (Å²) >= 11 is 0. The van der Waals surface area contributed by atoms with Gasteiger partial charge in [0.25, 0.3) is 0 Å². The minimum atomic E-state index is -4.64. The molecule has 1 aromatic carbocycles. The second-order valence-corrected chi connectivity index (χ2v) is 5.82. The Balaban J connectivity index is 0. The van der Waals surface area contributed by atoms with Crippen molar-refractivity contribution in [3.05, 3.63) is 35.9 Å². The van der Waals surface area contributed by atoms with Gasteiger partial charge in [0.2, 0.25) is 0 Å². The van der Waals surface area contributed by atoms with Crippen LogP contribution in [0.15, 0.2) is 24.3 Å². The Kier molecular flexibility index (Phi) is 16.2. The van der Waals surface area contributed by atoms with Gasteiger partial charge in [-0.15, -0.1) is 0 Å². The zero-order valence-electron chi connectivity index (χ0n) is 12.5. The van der Waals surface area contributed by atoms with Gasteiger partial charge in [0.1, 0.15) is 0 Å². The predicted octanol–water partition coefficient (Wildman–Crippen LogP) is 3.85. The van der Waals surface area contributed by atoms with Gasteiger partial charge in [0.05, 0.1) is 0 Å². The van der Waals surface area contributed by atoms with Crippen LogP contribution in [0.5, 0.6) is 0 Å². The van der Waals surface area contributed by atoms with E-state index in [0.29, 0.717) is 0 Å². The van der Waals surface area contributed by atoms with Crippen LogP contribution in [0, 0.1) is 6.07 Å². The van der Waals surface area contributed by atoms with Crippen LogP contribution in [0.2, 0.25) is 0 Å². The van der Waals surface area contributed by atoms with Crippen LogP contribution >= 0.6 is 7.82 Å². The molecule has 0 unspecified atom stereocenters. The number of hydrogen-bond acceptors (Lipinski definition) is 1. The third-order valence-corrected chi connectivity index (χ3v) is 2.86. The summed E-state index contributed by atoms with van der Waals surface area (Å²) in [7, 11) is -4.64. The number of benzene rings is 1. The maximum absolute atomic E-state index is 8.88. The normalized spacial score (nSPS) is 10.3. The van der Waals surface area contributed by atoms with Crippen molar-refractivity contribution >= 4 is 7.82 Å². The molecule has 1 rings (SSSR count). The Morgan fingerprint density at radius 1 is 0.952 bits per heavy atom. The van der Waals surface area contributed by atoms with Gasteiger partial charge in [-0.25, -0.2) is 4.57 Å². The summed E-state index contributed by atoms with van der Waals surface area (Å²) < 4.78 is 8.88. The molecular formula is C15H26NiO4P-. The first-order chi connectivity index (χ1) is 9.43. The first-order valence-corrected chi connectivity index (χ1v) is 8.73. The third-order valence-electron chi connectivity index (χ3n) is 2.86. The van der Waals surface area contributed by atoms with Crippen molar-refractivity contribution in [3.63, 3.8) is 0 Å². The number of rotatable bonds is 8. The fraction of sp³-hybridized carbons (Fsp3) is 0.600. The van der Waals surface area contributed by atoms with Crippen LogP contribution in [0.25, 0.3) is 0 Å². The quantitative estimate of drug-likeness (QED) is 0.285. The van der Waals surface area contributed by atoms with Crippen LogP contribution < -0.4 is 0 Å². The molecule has 4 nitrogen and oxygen atoms in total. The number of aryl methyl sites for hydroxylation is 1. The molecule has 0 bridgehead atoms. The molecule has 6 heteroatoms. The summed E-state index contributed by atoms with van der Waals surface area (Å²) in [4.78, 5) is 21.6. The summed E-state index contributed by atoms with van der Waals surface area (Å²) in [5.74, 6) is 0. The molecular weight excluding hydrogens is 334 g/mol. The van der Waals surface area contributed by atoms with Gasteiger partial charge in [0, 0.05) is 16.5 Å². The first-order valence-electron chi connectivity index (χ1n) is 7.16. The minimum Gasteiger partial charge on any atom is -0.303 e. The van der Waals surface area contributed by atoms with Crippen molar-refractivity contribution < 1.29 is 35.7 Å². The number of unbranched alkanes of at least 4 members (excludes halogenated alkanes) is 6. The summed E-state index contributed by atoms with van der Waals surface area (Å²) in [6.45, 7) is 2.27. The second-order valence-electron chi connectivity index (χ2n) is 4.79. The molecule has 0 aliphatic carbocycles. The molecule has 0 saturated carbocycles. The maximum Gasteiger partial charge on any atom is 0.466 e. The zero-order valence-corrected chi connectivity index (χ0v) is 14.4. The molecule has 0 radical (unpaired) electrons. The Morgan fingerprint density at radius 2 is 1.38 bits per heavy atom. The summed E-state index contributed by atoms with van der Waals surface area (Å²) in [6, 6.07) is 11.4. The molecule has 0 aromatic heterocycles. The van der Waals surface area contributed by atoms with E-state index in [0.717, 1.165) is 0 Å². The van der Waals surface area contributed by atoms with Gasteiger partial charge in [-0.05, 0) is 0 Å². The Morgan fingerprint density at radius 3 is 1.86 bits per heavy atom. The smallest absolute Gasteiger partial charge is 0.303 e. The van der Waals surface area contributed by atoms with Gasteiger partial charge in [-0.3, -0.25) is 0 Å². The fourth-order valence-corrected chi connectivity index (χ4v) is 1.87. The standard InChI is InChI=1S/C15H23.Ni.H3O4P/c1-2-3-4-5-6-7-9-12-15-13-10-8-11-14-15;;1-5(2,3)4/h10-11,13-14H,2-7,9,12H2,1H3;;(H3,1,2,3,4)/q-1;;. The van der Waals surface area contributed by atoms with Crippen LogP contribution in [0.4, 0.5) is 0 Å². The Labute approximate surface area is 138 Å². The van der Waals surface area contributed by atoms with E-state index in [4.69, 9.17) is 19.2 Å². The van der Waals surface area contributed by atoms with Crippen molar-refractivity contribution in [3.8, 4) is 0 Å². The van der Waals surface area contributed by atoms with E-state index in [1.807, 2.05) is 12.1 Å². The van der Waals surface area contributed by atoms with Crippen molar-refractivity contribution in [1.29, 1.82) is 0 Å². The van der Waals surface area contributed by atoms with E-state index in [1.165, 1.54) is 56.9 Å². The fourth-order valence-electron chi connectivity index (χ4n) is 1.87. The number of phosphoric acid groups is 1. The molecule has 0 atom stereocenters. The second kappa shape index (κ2) is 14.7. The van der Waals surface area contributed by atoms with Gasteiger partial charge in [-0.2, -0.15) is 35.9 Å². The molecule has 0 heterocycles. The zero-order chi connectivity index (χ0) is 15.3.